The smallest absolute Gasteiger partial charge is 0.273 e. The van der Waals surface area contributed by atoms with E-state index in [4.69, 9.17) is 5.73 Å². The Bertz CT molecular complexity index is 1360. The minimum atomic E-state index is -0.399. The van der Waals surface area contributed by atoms with Crippen LogP contribution in [0.15, 0.2) is 69.2 Å². The van der Waals surface area contributed by atoms with Gasteiger partial charge in [0.15, 0.2) is 0 Å². The van der Waals surface area contributed by atoms with Crippen LogP contribution >= 0.6 is 0 Å². The van der Waals surface area contributed by atoms with E-state index in [0.717, 1.165) is 5.69 Å². The summed E-state index contributed by atoms with van der Waals surface area (Å²) in [6.07, 6.45) is 0. The second-order valence-corrected chi connectivity index (χ2v) is 6.07. The van der Waals surface area contributed by atoms with Crippen LogP contribution < -0.4 is 22.2 Å². The normalized spacial score (nSPS) is 12.8. The Hall–Kier alpha value is -3.87. The number of hydrogen-bond acceptors (Lipinski definition) is 5. The van der Waals surface area contributed by atoms with Crippen molar-refractivity contribution in [1.82, 2.24) is 9.38 Å². The lowest BCUT2D eigenvalue weighted by molar-refractivity contribution is 1.10. The summed E-state index contributed by atoms with van der Waals surface area (Å²) in [7, 11) is 0. The number of aromatic nitrogens is 2. The highest BCUT2D eigenvalue weighted by molar-refractivity contribution is 6.12. The van der Waals surface area contributed by atoms with Gasteiger partial charge in [-0.25, -0.2) is 4.99 Å². The maximum atomic E-state index is 12.8. The molecule has 0 bridgehead atoms. The molecule has 0 unspecified atom stereocenters. The number of para-hydroxylation sites is 4. The van der Waals surface area contributed by atoms with Crippen LogP contribution in [0.5, 0.6) is 0 Å². The van der Waals surface area contributed by atoms with E-state index in [2.05, 4.69) is 15.3 Å². The van der Waals surface area contributed by atoms with Gasteiger partial charge in [-0.05, 0) is 24.3 Å². The number of hydrogen-bond donors (Lipinski definition) is 3. The number of aromatic amines is 1. The third-order valence-electron chi connectivity index (χ3n) is 4.50. The molecule has 1 aliphatic heterocycles. The molecule has 1 aliphatic rings. The summed E-state index contributed by atoms with van der Waals surface area (Å²) in [5.41, 5.74) is 9.10. The van der Waals surface area contributed by atoms with Gasteiger partial charge in [0.25, 0.3) is 11.1 Å². The zero-order chi connectivity index (χ0) is 17.8. The predicted octanol–water partition coefficient (Wildman–Crippen LogP) is 2.23. The van der Waals surface area contributed by atoms with Crippen molar-refractivity contribution in [2.24, 2.45) is 10.7 Å². The van der Waals surface area contributed by atoms with E-state index < -0.39 is 5.56 Å². The number of nitrogens with one attached hydrogen (secondary N) is 2. The van der Waals surface area contributed by atoms with Crippen LogP contribution in [0, 0.1) is 0 Å². The molecule has 0 aliphatic carbocycles. The largest absolute Gasteiger partial charge is 0.383 e. The van der Waals surface area contributed by atoms with Crippen molar-refractivity contribution in [3.05, 3.63) is 80.9 Å². The number of nitrogens with zero attached hydrogens (tertiary/aromatic N) is 2. The van der Waals surface area contributed by atoms with Crippen molar-refractivity contribution >= 4 is 39.4 Å². The Kier molecular flexibility index (Phi) is 2.82. The highest BCUT2D eigenvalue weighted by atomic mass is 16.1. The van der Waals surface area contributed by atoms with Crippen molar-refractivity contribution in [3.63, 3.8) is 0 Å². The zero-order valence-corrected chi connectivity index (χ0v) is 13.5. The van der Waals surface area contributed by atoms with Crippen LogP contribution in [0.3, 0.4) is 0 Å². The van der Waals surface area contributed by atoms with Gasteiger partial charge >= 0.3 is 0 Å². The molecule has 0 amide bonds. The fourth-order valence-electron chi connectivity index (χ4n) is 3.39. The first-order valence-electron chi connectivity index (χ1n) is 8.05. The number of pyridine rings is 1. The molecule has 4 aromatic rings. The molecule has 126 valence electrons. The lowest BCUT2D eigenvalue weighted by Crippen LogP contribution is -2.27. The first-order chi connectivity index (χ1) is 12.6. The molecule has 26 heavy (non-hydrogen) atoms. The van der Waals surface area contributed by atoms with Gasteiger partial charge in [0.05, 0.1) is 33.7 Å². The minimum Gasteiger partial charge on any atom is -0.383 e. The molecule has 0 radical (unpaired) electrons. The van der Waals surface area contributed by atoms with Crippen molar-refractivity contribution < 1.29 is 0 Å². The monoisotopic (exact) mass is 343 g/mol. The zero-order valence-electron chi connectivity index (χ0n) is 13.5. The number of amidine groups is 1. The SMILES string of the molecule is NC1=Nc2ccccc2Nc2cc(=O)n3c(c21)c(=O)[nH]c1ccccc13. The molecule has 7 nitrogen and oxygen atoms in total. The number of H-pyrrole nitrogens is 1. The second kappa shape index (κ2) is 5.06. The Morgan fingerprint density at radius 3 is 2.62 bits per heavy atom. The predicted molar refractivity (Wildman–Crippen MR) is 102 cm³/mol. The summed E-state index contributed by atoms with van der Waals surface area (Å²) in [6.45, 7) is 0. The molecule has 4 N–H and O–H groups in total. The van der Waals surface area contributed by atoms with E-state index >= 15 is 0 Å². The van der Waals surface area contributed by atoms with Crippen LogP contribution in [-0.2, 0) is 0 Å². The summed E-state index contributed by atoms with van der Waals surface area (Å²) < 4.78 is 1.38. The van der Waals surface area contributed by atoms with Crippen molar-refractivity contribution in [1.29, 1.82) is 0 Å². The molecule has 0 fully saturated rings. The summed E-state index contributed by atoms with van der Waals surface area (Å²) >= 11 is 0. The number of rotatable bonds is 0. The third-order valence-corrected chi connectivity index (χ3v) is 4.50. The molecule has 0 spiro atoms. The van der Waals surface area contributed by atoms with Gasteiger partial charge in [-0.1, -0.05) is 24.3 Å². The molecule has 5 rings (SSSR count). The van der Waals surface area contributed by atoms with E-state index in [0.29, 0.717) is 28.0 Å². The Labute approximate surface area is 146 Å². The molecule has 2 aromatic heterocycles. The van der Waals surface area contributed by atoms with Gasteiger partial charge in [0.2, 0.25) is 0 Å². The first-order valence-corrected chi connectivity index (χ1v) is 8.05. The van der Waals surface area contributed by atoms with Crippen molar-refractivity contribution in [2.45, 2.75) is 0 Å². The minimum absolute atomic E-state index is 0.174. The van der Waals surface area contributed by atoms with Crippen LogP contribution in [0.1, 0.15) is 5.56 Å². The highest BCUT2D eigenvalue weighted by Crippen LogP contribution is 2.33. The average molecular weight is 343 g/mol. The number of nitrogens with two attached hydrogens (primary N) is 1. The van der Waals surface area contributed by atoms with Gasteiger partial charge in [-0.3, -0.25) is 14.0 Å². The fraction of sp³-hybridized carbons (Fsp3) is 0. The van der Waals surface area contributed by atoms with Crippen LogP contribution in [0.4, 0.5) is 17.1 Å². The molecule has 3 heterocycles. The Morgan fingerprint density at radius 2 is 1.73 bits per heavy atom. The van der Waals surface area contributed by atoms with Crippen molar-refractivity contribution in [3.8, 4) is 0 Å². The van der Waals surface area contributed by atoms with Crippen molar-refractivity contribution in [2.75, 3.05) is 5.32 Å². The first kappa shape index (κ1) is 14.5. The number of fused-ring (bicyclic) bond motifs is 6. The van der Waals surface area contributed by atoms with Gasteiger partial charge in [0.1, 0.15) is 11.4 Å². The quantitative estimate of drug-likeness (QED) is 0.426. The lowest BCUT2D eigenvalue weighted by Gasteiger charge is -2.13. The highest BCUT2D eigenvalue weighted by Gasteiger charge is 2.21. The fourth-order valence-corrected chi connectivity index (χ4v) is 3.39. The Morgan fingerprint density at radius 1 is 0.962 bits per heavy atom. The van der Waals surface area contributed by atoms with Gasteiger partial charge in [-0.15, -0.1) is 0 Å². The number of anilines is 2. The summed E-state index contributed by atoms with van der Waals surface area (Å²) in [4.78, 5) is 32.9. The topological polar surface area (TPSA) is 105 Å². The van der Waals surface area contributed by atoms with Gasteiger partial charge in [-0.2, -0.15) is 0 Å². The number of aliphatic imine (C=N–C) groups is 1. The molecule has 2 aromatic carbocycles. The lowest BCUT2D eigenvalue weighted by atomic mass is 10.1. The van der Waals surface area contributed by atoms with E-state index in [9.17, 15) is 9.59 Å². The summed E-state index contributed by atoms with van der Waals surface area (Å²) in [5.74, 6) is 0.177. The molecular weight excluding hydrogens is 330 g/mol. The van der Waals surface area contributed by atoms with E-state index in [1.807, 2.05) is 30.3 Å². The average Bonchev–Trinajstić information content (AvgIpc) is 2.77. The molecule has 7 heteroatoms. The third kappa shape index (κ3) is 1.91. The summed E-state index contributed by atoms with van der Waals surface area (Å²) in [5, 5.41) is 3.18. The Balaban J connectivity index is 2.00. The molecular formula is C19H13N5O2. The molecule has 0 saturated heterocycles. The van der Waals surface area contributed by atoms with Gasteiger partial charge in [0, 0.05) is 6.07 Å². The maximum Gasteiger partial charge on any atom is 0.273 e. The van der Waals surface area contributed by atoms with E-state index in [1.54, 1.807) is 18.2 Å². The number of benzene rings is 2. The van der Waals surface area contributed by atoms with Gasteiger partial charge < -0.3 is 16.0 Å². The van der Waals surface area contributed by atoms with E-state index in [1.165, 1.54) is 10.5 Å². The molecule has 0 atom stereocenters. The second-order valence-electron chi connectivity index (χ2n) is 6.07. The summed E-state index contributed by atoms with van der Waals surface area (Å²) in [6, 6.07) is 15.9. The maximum absolute atomic E-state index is 12.8. The van der Waals surface area contributed by atoms with E-state index in [-0.39, 0.29) is 16.9 Å². The van der Waals surface area contributed by atoms with Crippen LogP contribution in [0.2, 0.25) is 0 Å². The standard InChI is InChI=1S/C19H13N5O2/c20-18-16-13(21-10-5-1-2-6-11(10)22-18)9-15(25)24-14-8-4-3-7-12(14)23-19(26)17(16)24/h1-9,21H,(H2,20,22)(H,23,26). The van der Waals surface area contributed by atoms with Crippen LogP contribution in [0.25, 0.3) is 16.6 Å². The van der Waals surface area contributed by atoms with Crippen LogP contribution in [-0.4, -0.2) is 15.2 Å². The molecule has 0 saturated carbocycles.